The Morgan fingerprint density at radius 2 is 2.06 bits per heavy atom. The van der Waals surface area contributed by atoms with Crippen LogP contribution < -0.4 is 14.8 Å². The quantitative estimate of drug-likeness (QED) is 0.376. The lowest BCUT2D eigenvalue weighted by Crippen LogP contribution is -2.28. The molecule has 6 nitrogen and oxygen atoms in total. The van der Waals surface area contributed by atoms with Crippen molar-refractivity contribution in [1.29, 1.82) is 0 Å². The van der Waals surface area contributed by atoms with E-state index in [1.54, 1.807) is 24.5 Å². The van der Waals surface area contributed by atoms with Crippen LogP contribution in [0.5, 0.6) is 11.5 Å². The highest BCUT2D eigenvalue weighted by Gasteiger charge is 2.12. The number of allylic oxidation sites excluding steroid dienone is 1. The van der Waals surface area contributed by atoms with Gasteiger partial charge in [0.2, 0.25) is 0 Å². The minimum absolute atomic E-state index is 0.122. The van der Waals surface area contributed by atoms with Crippen molar-refractivity contribution in [1.82, 2.24) is 10.3 Å². The van der Waals surface area contributed by atoms with Gasteiger partial charge in [0.05, 0.1) is 23.9 Å². The van der Waals surface area contributed by atoms with Crippen molar-refractivity contribution in [3.63, 3.8) is 0 Å². The lowest BCUT2D eigenvalue weighted by molar-refractivity contribution is -0.123. The van der Waals surface area contributed by atoms with Crippen LogP contribution in [-0.4, -0.2) is 24.6 Å². The van der Waals surface area contributed by atoms with Crippen molar-refractivity contribution in [3.05, 3.63) is 78.6 Å². The molecule has 0 aliphatic carbocycles. The van der Waals surface area contributed by atoms with Crippen LogP contribution in [0.3, 0.4) is 0 Å². The number of nitrogens with one attached hydrogen (secondary N) is 1. The highest BCUT2D eigenvalue weighted by Crippen LogP contribution is 2.31. The van der Waals surface area contributed by atoms with E-state index >= 15 is 0 Å². The Kier molecular flexibility index (Phi) is 6.33. The van der Waals surface area contributed by atoms with E-state index in [0.29, 0.717) is 23.0 Å². The van der Waals surface area contributed by atoms with Crippen LogP contribution >= 0.6 is 11.3 Å². The molecule has 4 rings (SSSR count). The first kappa shape index (κ1) is 20.7. The number of methoxy groups -OCH3 is 1. The number of carbonyl (C=O) groups is 1. The number of ether oxygens (including phenoxy) is 2. The van der Waals surface area contributed by atoms with Gasteiger partial charge in [0, 0.05) is 0 Å². The van der Waals surface area contributed by atoms with E-state index in [2.05, 4.69) is 16.9 Å². The second kappa shape index (κ2) is 9.49. The molecule has 0 aliphatic heterocycles. The monoisotopic (exact) mass is 434 g/mol. The summed E-state index contributed by atoms with van der Waals surface area (Å²) in [6.45, 7) is 3.88. The zero-order chi connectivity index (χ0) is 21.6. The molecule has 0 fully saturated rings. The number of amides is 1. The number of benzene rings is 2. The normalized spacial score (nSPS) is 10.7. The standard InChI is InChI=1S/C24H22N2O4S/c1-3-6-16-9-11-19(21(13-16)28-2)29-15-23(27)25-14-17-10-12-20(30-17)24-26-18-7-4-5-8-22(18)31-24/h3-5,7-13H,1,6,14-15H2,2H3,(H,25,27). The third-order valence-corrected chi connectivity index (χ3v) is 5.64. The zero-order valence-electron chi connectivity index (χ0n) is 17.1. The number of thiazole rings is 1. The van der Waals surface area contributed by atoms with E-state index in [1.165, 1.54) is 0 Å². The molecule has 0 aliphatic rings. The highest BCUT2D eigenvalue weighted by molar-refractivity contribution is 7.21. The Hall–Kier alpha value is -3.58. The lowest BCUT2D eigenvalue weighted by Gasteiger charge is -2.11. The van der Waals surface area contributed by atoms with Gasteiger partial charge in [-0.05, 0) is 48.4 Å². The molecular weight excluding hydrogens is 412 g/mol. The smallest absolute Gasteiger partial charge is 0.258 e. The molecule has 0 unspecified atom stereocenters. The average molecular weight is 435 g/mol. The maximum absolute atomic E-state index is 12.2. The fourth-order valence-electron chi connectivity index (χ4n) is 3.07. The number of rotatable bonds is 9. The molecule has 0 saturated carbocycles. The summed E-state index contributed by atoms with van der Waals surface area (Å²) in [7, 11) is 1.57. The second-order valence-corrected chi connectivity index (χ2v) is 7.83. The molecule has 0 saturated heterocycles. The molecule has 7 heteroatoms. The number of carbonyl (C=O) groups excluding carboxylic acids is 1. The molecule has 0 bridgehead atoms. The number of furan rings is 1. The van der Waals surface area contributed by atoms with Gasteiger partial charge in [-0.15, -0.1) is 17.9 Å². The van der Waals surface area contributed by atoms with Gasteiger partial charge >= 0.3 is 0 Å². The van der Waals surface area contributed by atoms with Crippen molar-refractivity contribution in [2.75, 3.05) is 13.7 Å². The summed E-state index contributed by atoms with van der Waals surface area (Å²) in [5.41, 5.74) is 2.00. The Labute approximate surface area is 184 Å². The Morgan fingerprint density at radius 3 is 2.87 bits per heavy atom. The van der Waals surface area contributed by atoms with Gasteiger partial charge < -0.3 is 19.2 Å². The number of hydrogen-bond acceptors (Lipinski definition) is 6. The third kappa shape index (κ3) is 4.95. The second-order valence-electron chi connectivity index (χ2n) is 6.80. The molecule has 0 atom stereocenters. The number of para-hydroxylation sites is 1. The minimum Gasteiger partial charge on any atom is -0.493 e. The lowest BCUT2D eigenvalue weighted by atomic mass is 10.1. The third-order valence-electron chi connectivity index (χ3n) is 4.59. The van der Waals surface area contributed by atoms with Gasteiger partial charge in [0.25, 0.3) is 5.91 Å². The molecule has 158 valence electrons. The first-order chi connectivity index (χ1) is 15.2. The first-order valence-electron chi connectivity index (χ1n) is 9.78. The average Bonchev–Trinajstić information content (AvgIpc) is 3.43. The van der Waals surface area contributed by atoms with E-state index in [4.69, 9.17) is 13.9 Å². The van der Waals surface area contributed by atoms with Gasteiger partial charge in [-0.1, -0.05) is 24.3 Å². The summed E-state index contributed by atoms with van der Waals surface area (Å²) < 4.78 is 17.9. The van der Waals surface area contributed by atoms with Crippen LogP contribution in [0, 0.1) is 0 Å². The largest absolute Gasteiger partial charge is 0.493 e. The van der Waals surface area contributed by atoms with E-state index in [9.17, 15) is 4.79 Å². The summed E-state index contributed by atoms with van der Waals surface area (Å²) in [5.74, 6) is 2.18. The van der Waals surface area contributed by atoms with Gasteiger partial charge in [0.15, 0.2) is 28.9 Å². The van der Waals surface area contributed by atoms with Crippen LogP contribution in [0.2, 0.25) is 0 Å². The fourth-order valence-corrected chi connectivity index (χ4v) is 4.00. The predicted molar refractivity (Wildman–Crippen MR) is 122 cm³/mol. The van der Waals surface area contributed by atoms with Crippen molar-refractivity contribution < 1.29 is 18.7 Å². The van der Waals surface area contributed by atoms with Crippen LogP contribution in [0.15, 0.2) is 71.7 Å². The Bertz CT molecular complexity index is 1180. The summed E-state index contributed by atoms with van der Waals surface area (Å²) >= 11 is 1.57. The van der Waals surface area contributed by atoms with Crippen LogP contribution in [0.4, 0.5) is 0 Å². The fraction of sp³-hybridized carbons (Fsp3) is 0.167. The Morgan fingerprint density at radius 1 is 1.19 bits per heavy atom. The number of aromatic nitrogens is 1. The molecule has 2 heterocycles. The van der Waals surface area contributed by atoms with Crippen molar-refractivity contribution >= 4 is 27.5 Å². The van der Waals surface area contributed by atoms with E-state index < -0.39 is 0 Å². The maximum atomic E-state index is 12.2. The minimum atomic E-state index is -0.254. The predicted octanol–water partition coefficient (Wildman–Crippen LogP) is 4.99. The van der Waals surface area contributed by atoms with Gasteiger partial charge in [-0.3, -0.25) is 4.79 Å². The molecule has 4 aromatic rings. The maximum Gasteiger partial charge on any atom is 0.258 e. The number of fused-ring (bicyclic) bond motifs is 1. The van der Waals surface area contributed by atoms with Crippen molar-refractivity contribution in [2.45, 2.75) is 13.0 Å². The topological polar surface area (TPSA) is 73.6 Å². The van der Waals surface area contributed by atoms with Crippen molar-refractivity contribution in [3.8, 4) is 22.3 Å². The van der Waals surface area contributed by atoms with E-state index in [0.717, 1.165) is 27.2 Å². The summed E-state index contributed by atoms with van der Waals surface area (Å²) in [6.07, 6.45) is 2.55. The van der Waals surface area contributed by atoms with Crippen LogP contribution in [0.1, 0.15) is 11.3 Å². The molecule has 2 aromatic carbocycles. The molecule has 1 N–H and O–H groups in total. The molecule has 0 radical (unpaired) electrons. The molecule has 1 amide bonds. The van der Waals surface area contributed by atoms with E-state index in [-0.39, 0.29) is 19.1 Å². The molecule has 0 spiro atoms. The Balaban J connectivity index is 1.32. The SMILES string of the molecule is C=CCc1ccc(OCC(=O)NCc2ccc(-c3nc4ccccc4s3)o2)c(OC)c1. The zero-order valence-corrected chi connectivity index (χ0v) is 17.9. The summed E-state index contributed by atoms with van der Waals surface area (Å²) in [6, 6.07) is 17.2. The van der Waals surface area contributed by atoms with Gasteiger partial charge in [-0.25, -0.2) is 4.98 Å². The molecule has 31 heavy (non-hydrogen) atoms. The van der Waals surface area contributed by atoms with Crippen LogP contribution in [-0.2, 0) is 17.8 Å². The number of hydrogen-bond donors (Lipinski definition) is 1. The van der Waals surface area contributed by atoms with E-state index in [1.807, 2.05) is 54.6 Å². The van der Waals surface area contributed by atoms with Crippen LogP contribution in [0.25, 0.3) is 21.0 Å². The number of nitrogens with zero attached hydrogens (tertiary/aromatic N) is 1. The summed E-state index contributed by atoms with van der Waals surface area (Å²) in [4.78, 5) is 16.8. The molecular formula is C24H22N2O4S. The van der Waals surface area contributed by atoms with Gasteiger partial charge in [0.1, 0.15) is 5.76 Å². The first-order valence-corrected chi connectivity index (χ1v) is 10.6. The van der Waals surface area contributed by atoms with Crippen molar-refractivity contribution in [2.24, 2.45) is 0 Å². The molecule has 2 aromatic heterocycles. The highest BCUT2D eigenvalue weighted by atomic mass is 32.1. The van der Waals surface area contributed by atoms with Gasteiger partial charge in [-0.2, -0.15) is 0 Å². The summed E-state index contributed by atoms with van der Waals surface area (Å²) in [5, 5.41) is 3.61.